The van der Waals surface area contributed by atoms with Gasteiger partial charge in [0.25, 0.3) is 0 Å². The van der Waals surface area contributed by atoms with Crippen LogP contribution in [0.4, 0.5) is 0 Å². The second kappa shape index (κ2) is 9.78. The average Bonchev–Trinajstić information content (AvgIpc) is 3.01. The van der Waals surface area contributed by atoms with Gasteiger partial charge in [-0.2, -0.15) is 0 Å². The van der Waals surface area contributed by atoms with Gasteiger partial charge in [0, 0.05) is 18.3 Å². The summed E-state index contributed by atoms with van der Waals surface area (Å²) in [6.07, 6.45) is 6.98. The Labute approximate surface area is 230 Å². The number of carboxylic acids is 1. The molecule has 4 aliphatic carbocycles. The molecule has 5 heteroatoms. The Balaban J connectivity index is 1.69. The Morgan fingerprint density at radius 2 is 1.71 bits per heavy atom. The zero-order chi connectivity index (χ0) is 28.4. The minimum Gasteiger partial charge on any atom is -0.481 e. The Morgan fingerprint density at radius 3 is 2.29 bits per heavy atom. The molecule has 0 aromatic rings. The van der Waals surface area contributed by atoms with E-state index in [1.807, 2.05) is 0 Å². The van der Waals surface area contributed by atoms with E-state index >= 15 is 0 Å². The molecule has 214 valence electrons. The van der Waals surface area contributed by atoms with Crippen LogP contribution in [0.3, 0.4) is 0 Å². The number of carbonyl (C=O) groups excluding carboxylic acids is 1. The van der Waals surface area contributed by atoms with Crippen LogP contribution in [0.2, 0.25) is 0 Å². The van der Waals surface area contributed by atoms with Crippen LogP contribution in [0.25, 0.3) is 0 Å². The van der Waals surface area contributed by atoms with E-state index in [-0.39, 0.29) is 39.7 Å². The summed E-state index contributed by atoms with van der Waals surface area (Å²) in [5.41, 5.74) is 3.62. The minimum absolute atomic E-state index is 0.0440. The molecule has 0 saturated heterocycles. The minimum atomic E-state index is -0.780. The summed E-state index contributed by atoms with van der Waals surface area (Å²) in [6, 6.07) is 0. The van der Waals surface area contributed by atoms with Crippen molar-refractivity contribution in [2.45, 2.75) is 125 Å². The summed E-state index contributed by atoms with van der Waals surface area (Å²) in [5, 5.41) is 22.0. The molecule has 0 aromatic carbocycles. The van der Waals surface area contributed by atoms with Crippen molar-refractivity contribution in [3.05, 3.63) is 23.3 Å². The van der Waals surface area contributed by atoms with Gasteiger partial charge in [-0.25, -0.2) is 0 Å². The predicted octanol–water partition coefficient (Wildman–Crippen LogP) is 7.33. The van der Waals surface area contributed by atoms with Crippen molar-refractivity contribution in [2.24, 2.45) is 45.3 Å². The first-order valence-electron chi connectivity index (χ1n) is 15.0. The monoisotopic (exact) mass is 528 g/mol. The number of ether oxygens (including phenoxy) is 1. The third-order valence-electron chi connectivity index (χ3n) is 12.4. The average molecular weight is 529 g/mol. The SMILES string of the molecule is C=C(CC[C@H](C(=O)O)[C@@H]1[C@H](O)C[C@]2(C)C3=C(CC[C@]12C)[C@]1(C)CC[C@H](OC(C)=O)C(C)(C)[C@@H]1CC3)C(C)C. The van der Waals surface area contributed by atoms with Crippen molar-refractivity contribution in [2.75, 3.05) is 0 Å². The van der Waals surface area contributed by atoms with Crippen LogP contribution in [-0.4, -0.2) is 34.4 Å². The van der Waals surface area contributed by atoms with Crippen molar-refractivity contribution in [1.29, 1.82) is 0 Å². The van der Waals surface area contributed by atoms with E-state index in [0.717, 1.165) is 44.1 Å². The second-order valence-corrected chi connectivity index (χ2v) is 14.8. The lowest BCUT2D eigenvalue weighted by molar-refractivity contribution is -0.167. The van der Waals surface area contributed by atoms with Crippen molar-refractivity contribution in [1.82, 2.24) is 0 Å². The highest BCUT2D eigenvalue weighted by Gasteiger charge is 2.66. The standard InChI is InChI=1S/C33H52O5/c1-19(2)20(3)10-11-22(29(36)37)28-25(35)18-33(9)24-12-13-26-30(5,6)27(38-21(4)34)15-16-31(26,7)23(24)14-17-32(28,33)8/h19,22,25-28,35H,3,10-18H2,1-2,4-9H3,(H,36,37)/t22-,25+,26-,27-,28+,31-,32+,33+/m0/s1. The Hall–Kier alpha value is -1.62. The lowest BCUT2D eigenvalue weighted by Crippen LogP contribution is -2.56. The number of allylic oxidation sites excluding steroid dienone is 3. The molecule has 0 heterocycles. The quantitative estimate of drug-likeness (QED) is 0.267. The highest BCUT2D eigenvalue weighted by Crippen LogP contribution is 2.72. The van der Waals surface area contributed by atoms with Crippen molar-refractivity contribution in [3.63, 3.8) is 0 Å². The normalized spacial score (nSPS) is 40.7. The zero-order valence-corrected chi connectivity index (χ0v) is 25.2. The molecule has 2 saturated carbocycles. The van der Waals surface area contributed by atoms with Crippen molar-refractivity contribution < 1.29 is 24.5 Å². The largest absolute Gasteiger partial charge is 0.481 e. The molecule has 0 radical (unpaired) electrons. The van der Waals surface area contributed by atoms with E-state index in [2.05, 4.69) is 55.0 Å². The fourth-order valence-electron chi connectivity index (χ4n) is 9.98. The smallest absolute Gasteiger partial charge is 0.306 e. The summed E-state index contributed by atoms with van der Waals surface area (Å²) in [4.78, 5) is 24.5. The van der Waals surface area contributed by atoms with Gasteiger partial charge in [-0.1, -0.05) is 71.8 Å². The van der Waals surface area contributed by atoms with Crippen LogP contribution in [0.1, 0.15) is 113 Å². The van der Waals surface area contributed by atoms with Gasteiger partial charge in [0.05, 0.1) is 12.0 Å². The molecule has 0 aromatic heterocycles. The van der Waals surface area contributed by atoms with Crippen LogP contribution in [0.5, 0.6) is 0 Å². The molecule has 4 rings (SSSR count). The molecule has 0 spiro atoms. The molecule has 4 aliphatic rings. The highest BCUT2D eigenvalue weighted by molar-refractivity contribution is 5.71. The third kappa shape index (κ3) is 4.30. The van der Waals surface area contributed by atoms with Crippen LogP contribution in [-0.2, 0) is 14.3 Å². The number of aliphatic carboxylic acids is 1. The number of carboxylic acid groups (broad SMARTS) is 1. The zero-order valence-electron chi connectivity index (χ0n) is 25.2. The number of aliphatic hydroxyl groups excluding tert-OH is 1. The van der Waals surface area contributed by atoms with Crippen molar-refractivity contribution in [3.8, 4) is 0 Å². The maximum Gasteiger partial charge on any atom is 0.306 e. The first-order valence-corrected chi connectivity index (χ1v) is 15.0. The predicted molar refractivity (Wildman–Crippen MR) is 150 cm³/mol. The van der Waals surface area contributed by atoms with Crippen LogP contribution in [0, 0.1) is 45.3 Å². The maximum absolute atomic E-state index is 12.6. The number of rotatable bonds is 7. The highest BCUT2D eigenvalue weighted by atomic mass is 16.5. The summed E-state index contributed by atoms with van der Waals surface area (Å²) < 4.78 is 5.82. The van der Waals surface area contributed by atoms with Gasteiger partial charge in [0.1, 0.15) is 6.10 Å². The van der Waals surface area contributed by atoms with Crippen molar-refractivity contribution >= 4 is 11.9 Å². The van der Waals surface area contributed by atoms with Crippen LogP contribution in [0.15, 0.2) is 23.3 Å². The molecule has 5 nitrogen and oxygen atoms in total. The second-order valence-electron chi connectivity index (χ2n) is 14.8. The molecule has 0 amide bonds. The van der Waals surface area contributed by atoms with Crippen LogP contribution >= 0.6 is 0 Å². The number of fused-ring (bicyclic) bond motifs is 4. The Kier molecular flexibility index (Phi) is 7.56. The molecule has 8 atom stereocenters. The third-order valence-corrected chi connectivity index (χ3v) is 12.4. The van der Waals surface area contributed by atoms with E-state index in [9.17, 15) is 19.8 Å². The number of aliphatic hydroxyl groups is 1. The van der Waals surface area contributed by atoms with Gasteiger partial charge < -0.3 is 14.9 Å². The number of hydrogen-bond acceptors (Lipinski definition) is 4. The molecule has 2 fully saturated rings. The Bertz CT molecular complexity index is 1020. The van der Waals surface area contributed by atoms with E-state index in [1.54, 1.807) is 5.57 Å². The first kappa shape index (κ1) is 29.4. The topological polar surface area (TPSA) is 83.8 Å². The molecular weight excluding hydrogens is 476 g/mol. The lowest BCUT2D eigenvalue weighted by atomic mass is 9.43. The first-order chi connectivity index (χ1) is 17.5. The van der Waals surface area contributed by atoms with Gasteiger partial charge in [-0.05, 0) is 85.9 Å². The molecule has 2 N–H and O–H groups in total. The molecule has 0 bridgehead atoms. The number of carbonyl (C=O) groups is 2. The molecule has 0 aliphatic heterocycles. The summed E-state index contributed by atoms with van der Waals surface area (Å²) in [5.74, 6) is -1.05. The summed E-state index contributed by atoms with van der Waals surface area (Å²) in [7, 11) is 0. The van der Waals surface area contributed by atoms with Gasteiger partial charge >= 0.3 is 11.9 Å². The van der Waals surface area contributed by atoms with E-state index in [4.69, 9.17) is 4.74 Å². The van der Waals surface area contributed by atoms with E-state index < -0.39 is 18.0 Å². The lowest BCUT2D eigenvalue weighted by Gasteiger charge is -2.62. The van der Waals surface area contributed by atoms with Gasteiger partial charge in [0.15, 0.2) is 0 Å². The summed E-state index contributed by atoms with van der Waals surface area (Å²) in [6.45, 7) is 21.5. The van der Waals surface area contributed by atoms with Gasteiger partial charge in [0.2, 0.25) is 0 Å². The number of hydrogen-bond donors (Lipinski definition) is 2. The Morgan fingerprint density at radius 1 is 1.05 bits per heavy atom. The number of esters is 1. The molecule has 0 unspecified atom stereocenters. The fourth-order valence-corrected chi connectivity index (χ4v) is 9.98. The molecular formula is C33H52O5. The van der Waals surface area contributed by atoms with Gasteiger partial charge in [-0.3, -0.25) is 9.59 Å². The fraction of sp³-hybridized carbons (Fsp3) is 0.818. The molecule has 38 heavy (non-hydrogen) atoms. The van der Waals surface area contributed by atoms with Crippen LogP contribution < -0.4 is 0 Å². The van der Waals surface area contributed by atoms with E-state index in [1.165, 1.54) is 12.5 Å². The maximum atomic E-state index is 12.6. The summed E-state index contributed by atoms with van der Waals surface area (Å²) >= 11 is 0. The van der Waals surface area contributed by atoms with E-state index in [0.29, 0.717) is 31.1 Å². The van der Waals surface area contributed by atoms with Gasteiger partial charge in [-0.15, -0.1) is 0 Å².